The van der Waals surface area contributed by atoms with E-state index < -0.39 is 0 Å². The second-order valence-electron chi connectivity index (χ2n) is 7.58. The lowest BCUT2D eigenvalue weighted by molar-refractivity contribution is 0.382. The Morgan fingerprint density at radius 1 is 1.22 bits per heavy atom. The van der Waals surface area contributed by atoms with Gasteiger partial charge in [-0.15, -0.1) is 0 Å². The van der Waals surface area contributed by atoms with Crippen LogP contribution in [0.5, 0.6) is 0 Å². The second-order valence-corrected chi connectivity index (χ2v) is 7.58. The van der Waals surface area contributed by atoms with Gasteiger partial charge in [0.05, 0.1) is 17.9 Å². The smallest absolute Gasteiger partial charge is 0.147 e. The Morgan fingerprint density at radius 3 is 2.67 bits per heavy atom. The molecule has 1 saturated carbocycles. The standard InChI is InChI=1S/C21H26FN5/c1-13-4-3-5-18(22)21(13)26-12-15-11-25-20(24)10-19(15)27(14(26)2)17-8-6-16(23)7-9-17/h3-5,10-11,16-17H,2,6-9,12,23H2,1H3,(H2,24,25). The third kappa shape index (κ3) is 3.14. The molecule has 5 nitrogen and oxygen atoms in total. The van der Waals surface area contributed by atoms with Crippen LogP contribution in [0.25, 0.3) is 0 Å². The van der Waals surface area contributed by atoms with Crippen molar-refractivity contribution in [3.63, 3.8) is 0 Å². The van der Waals surface area contributed by atoms with Crippen LogP contribution in [0, 0.1) is 12.7 Å². The van der Waals surface area contributed by atoms with Gasteiger partial charge in [0.1, 0.15) is 17.5 Å². The number of para-hydroxylation sites is 1. The molecule has 4 rings (SSSR count). The number of nitrogens with two attached hydrogens (primary N) is 2. The average Bonchev–Trinajstić information content (AvgIpc) is 2.63. The summed E-state index contributed by atoms with van der Waals surface area (Å²) in [5, 5.41) is 0. The first-order valence-electron chi connectivity index (χ1n) is 9.46. The minimum atomic E-state index is -0.242. The molecule has 0 radical (unpaired) electrons. The molecule has 2 aromatic rings. The molecule has 1 fully saturated rings. The van der Waals surface area contributed by atoms with Crippen LogP contribution < -0.4 is 21.3 Å². The summed E-state index contributed by atoms with van der Waals surface area (Å²) in [4.78, 5) is 8.44. The fraction of sp³-hybridized carbons (Fsp3) is 0.381. The third-order valence-electron chi connectivity index (χ3n) is 5.73. The number of hydrogen-bond donors (Lipinski definition) is 2. The largest absolute Gasteiger partial charge is 0.384 e. The number of benzene rings is 1. The average molecular weight is 367 g/mol. The minimum absolute atomic E-state index is 0.242. The Labute approximate surface area is 159 Å². The van der Waals surface area contributed by atoms with E-state index >= 15 is 0 Å². The summed E-state index contributed by atoms with van der Waals surface area (Å²) >= 11 is 0. The van der Waals surface area contributed by atoms with E-state index in [-0.39, 0.29) is 17.9 Å². The fourth-order valence-electron chi connectivity index (χ4n) is 4.31. The normalized spacial score (nSPS) is 22.7. The number of anilines is 3. The van der Waals surface area contributed by atoms with Crippen molar-refractivity contribution in [1.29, 1.82) is 0 Å². The first-order valence-corrected chi connectivity index (χ1v) is 9.46. The lowest BCUT2D eigenvalue weighted by Gasteiger charge is -2.46. The highest BCUT2D eigenvalue weighted by Crippen LogP contribution is 2.41. The predicted molar refractivity (Wildman–Crippen MR) is 108 cm³/mol. The van der Waals surface area contributed by atoms with E-state index in [1.54, 1.807) is 12.3 Å². The van der Waals surface area contributed by atoms with Crippen LogP contribution in [-0.4, -0.2) is 17.1 Å². The summed E-state index contributed by atoms with van der Waals surface area (Å²) < 4.78 is 14.7. The summed E-state index contributed by atoms with van der Waals surface area (Å²) in [7, 11) is 0. The van der Waals surface area contributed by atoms with Gasteiger partial charge in [-0.3, -0.25) is 0 Å². The highest BCUT2D eigenvalue weighted by molar-refractivity contribution is 5.71. The van der Waals surface area contributed by atoms with E-state index in [1.807, 2.05) is 24.0 Å². The van der Waals surface area contributed by atoms with Crippen LogP contribution in [0.15, 0.2) is 42.9 Å². The lowest BCUT2D eigenvalue weighted by atomic mass is 9.89. The summed E-state index contributed by atoms with van der Waals surface area (Å²) in [5.41, 5.74) is 15.6. The van der Waals surface area contributed by atoms with Crippen LogP contribution in [0.4, 0.5) is 21.6 Å². The number of halogens is 1. The van der Waals surface area contributed by atoms with E-state index in [0.29, 0.717) is 18.1 Å². The Kier molecular flexibility index (Phi) is 4.52. The number of fused-ring (bicyclic) bond motifs is 1. The molecule has 142 valence electrons. The van der Waals surface area contributed by atoms with Gasteiger partial charge in [-0.05, 0) is 44.2 Å². The van der Waals surface area contributed by atoms with Crippen molar-refractivity contribution < 1.29 is 4.39 Å². The summed E-state index contributed by atoms with van der Waals surface area (Å²) in [6.45, 7) is 6.79. The molecule has 2 heterocycles. The molecule has 1 aliphatic heterocycles. The van der Waals surface area contributed by atoms with Crippen molar-refractivity contribution in [1.82, 2.24) is 4.98 Å². The molecule has 1 aromatic heterocycles. The number of aryl methyl sites for hydroxylation is 1. The molecule has 0 spiro atoms. The highest BCUT2D eigenvalue weighted by Gasteiger charge is 2.35. The molecule has 6 heteroatoms. The number of pyridine rings is 1. The molecule has 4 N–H and O–H groups in total. The van der Waals surface area contributed by atoms with Gasteiger partial charge in [0.25, 0.3) is 0 Å². The van der Waals surface area contributed by atoms with Gasteiger partial charge in [-0.2, -0.15) is 0 Å². The molecule has 1 aliphatic carbocycles. The third-order valence-corrected chi connectivity index (χ3v) is 5.73. The summed E-state index contributed by atoms with van der Waals surface area (Å²) in [5.74, 6) is 1.02. The number of nitrogens with zero attached hydrogens (tertiary/aromatic N) is 3. The van der Waals surface area contributed by atoms with Crippen LogP contribution in [0.3, 0.4) is 0 Å². The van der Waals surface area contributed by atoms with E-state index in [9.17, 15) is 4.39 Å². The molecule has 2 aliphatic rings. The Bertz CT molecular complexity index is 853. The second kappa shape index (κ2) is 6.85. The zero-order chi connectivity index (χ0) is 19.1. The Balaban J connectivity index is 1.79. The van der Waals surface area contributed by atoms with Crippen molar-refractivity contribution in [3.8, 4) is 0 Å². The van der Waals surface area contributed by atoms with E-state index in [2.05, 4.69) is 16.5 Å². The monoisotopic (exact) mass is 367 g/mol. The topological polar surface area (TPSA) is 71.4 Å². The summed E-state index contributed by atoms with van der Waals surface area (Å²) in [6, 6.07) is 7.58. The van der Waals surface area contributed by atoms with Gasteiger partial charge in [0.15, 0.2) is 0 Å². The molecule has 0 saturated heterocycles. The number of hydrogen-bond acceptors (Lipinski definition) is 5. The van der Waals surface area contributed by atoms with E-state index in [0.717, 1.165) is 48.3 Å². The van der Waals surface area contributed by atoms with Crippen LogP contribution in [-0.2, 0) is 6.54 Å². The van der Waals surface area contributed by atoms with Crippen molar-refractivity contribution in [3.05, 3.63) is 59.8 Å². The molecule has 0 unspecified atom stereocenters. The van der Waals surface area contributed by atoms with E-state index in [1.165, 1.54) is 6.07 Å². The molecule has 0 bridgehead atoms. The van der Waals surface area contributed by atoms with Gasteiger partial charge in [-0.1, -0.05) is 18.7 Å². The molecule has 0 amide bonds. The molecule has 1 aromatic carbocycles. The van der Waals surface area contributed by atoms with Crippen molar-refractivity contribution in [2.45, 2.75) is 51.2 Å². The maximum Gasteiger partial charge on any atom is 0.147 e. The van der Waals surface area contributed by atoms with Crippen molar-refractivity contribution >= 4 is 17.2 Å². The number of aromatic nitrogens is 1. The van der Waals surface area contributed by atoms with Gasteiger partial charge in [-0.25, -0.2) is 9.37 Å². The van der Waals surface area contributed by atoms with Crippen LogP contribution in [0.1, 0.15) is 36.8 Å². The van der Waals surface area contributed by atoms with Gasteiger partial charge >= 0.3 is 0 Å². The van der Waals surface area contributed by atoms with Crippen LogP contribution in [0.2, 0.25) is 0 Å². The van der Waals surface area contributed by atoms with Gasteiger partial charge in [0, 0.05) is 29.9 Å². The van der Waals surface area contributed by atoms with Crippen LogP contribution >= 0.6 is 0 Å². The maximum atomic E-state index is 14.7. The molecule has 0 atom stereocenters. The zero-order valence-electron chi connectivity index (χ0n) is 15.7. The fourth-order valence-corrected chi connectivity index (χ4v) is 4.31. The van der Waals surface area contributed by atoms with E-state index in [4.69, 9.17) is 11.5 Å². The maximum absolute atomic E-state index is 14.7. The first kappa shape index (κ1) is 17.8. The highest BCUT2D eigenvalue weighted by atomic mass is 19.1. The first-order chi connectivity index (χ1) is 13.0. The van der Waals surface area contributed by atoms with Gasteiger partial charge < -0.3 is 21.3 Å². The zero-order valence-corrected chi connectivity index (χ0v) is 15.7. The quantitative estimate of drug-likeness (QED) is 0.847. The summed E-state index contributed by atoms with van der Waals surface area (Å²) in [6.07, 6.45) is 5.70. The number of rotatable bonds is 2. The lowest BCUT2D eigenvalue weighted by Crippen LogP contribution is -2.48. The Hall–Kier alpha value is -2.60. The van der Waals surface area contributed by atoms with Crippen molar-refractivity contribution in [2.24, 2.45) is 5.73 Å². The predicted octanol–water partition coefficient (Wildman–Crippen LogP) is 3.68. The SMILES string of the molecule is C=C1N(c2c(C)cccc2F)Cc2cnc(N)cc2N1C1CCC(N)CC1. The molecular weight excluding hydrogens is 341 g/mol. The van der Waals surface area contributed by atoms with Crippen molar-refractivity contribution in [2.75, 3.05) is 15.5 Å². The molecular formula is C21H26FN5. The molecule has 27 heavy (non-hydrogen) atoms. The Morgan fingerprint density at radius 2 is 1.96 bits per heavy atom. The number of nitrogen functional groups attached to an aromatic ring is 1. The minimum Gasteiger partial charge on any atom is -0.384 e. The van der Waals surface area contributed by atoms with Gasteiger partial charge in [0.2, 0.25) is 0 Å².